The minimum absolute atomic E-state index is 0.150. The third kappa shape index (κ3) is 4.94. The predicted molar refractivity (Wildman–Crippen MR) is 129 cm³/mol. The summed E-state index contributed by atoms with van der Waals surface area (Å²) in [7, 11) is 0. The number of pyridine rings is 1. The normalized spacial score (nSPS) is 11.8. The second-order valence-corrected chi connectivity index (χ2v) is 9.04. The molecule has 0 aliphatic carbocycles. The number of fused-ring (bicyclic) bond motifs is 1. The van der Waals surface area contributed by atoms with Gasteiger partial charge in [-0.15, -0.1) is 0 Å². The fraction of sp³-hybridized carbons (Fsp3) is 0.520. The average molecular weight is 408 g/mol. The zero-order valence-electron chi connectivity index (χ0n) is 19.5. The third-order valence-electron chi connectivity index (χ3n) is 5.34. The lowest BCUT2D eigenvalue weighted by molar-refractivity contribution is 0.590. The lowest BCUT2D eigenvalue weighted by atomic mass is 9.87. The Labute approximate surface area is 181 Å². The number of imidazole rings is 1. The average Bonchev–Trinajstić information content (AvgIpc) is 3.04. The molecule has 0 saturated heterocycles. The van der Waals surface area contributed by atoms with Crippen molar-refractivity contribution in [3.8, 4) is 0 Å². The first-order valence-electron chi connectivity index (χ1n) is 11.4. The summed E-state index contributed by atoms with van der Waals surface area (Å²) in [6.45, 7) is 16.3. The van der Waals surface area contributed by atoms with E-state index in [4.69, 9.17) is 9.97 Å². The minimum atomic E-state index is 0.150. The topological polar surface area (TPSA) is 46.0 Å². The Hall–Kier alpha value is -2.56. The maximum absolute atomic E-state index is 5.03. The van der Waals surface area contributed by atoms with Gasteiger partial charge in [0.15, 0.2) is 5.65 Å². The van der Waals surface area contributed by atoms with Gasteiger partial charge in [-0.25, -0.2) is 9.97 Å². The van der Waals surface area contributed by atoms with Crippen LogP contribution in [-0.4, -0.2) is 27.6 Å². The van der Waals surface area contributed by atoms with Crippen LogP contribution in [0, 0.1) is 0 Å². The number of hydrogen-bond donors (Lipinski definition) is 1. The molecule has 1 aromatic carbocycles. The molecule has 0 spiro atoms. The molecule has 3 rings (SSSR count). The fourth-order valence-corrected chi connectivity index (χ4v) is 3.76. The Morgan fingerprint density at radius 2 is 1.53 bits per heavy atom. The zero-order chi connectivity index (χ0) is 21.7. The van der Waals surface area contributed by atoms with Gasteiger partial charge >= 0.3 is 0 Å². The lowest BCUT2D eigenvalue weighted by Gasteiger charge is -2.22. The molecule has 0 atom stereocenters. The SMILES string of the molecule is CCCN(CCC)c1ccc2nc(Nc3ccc(C(C)(C)C)cc3)n(CCC)c2n1. The van der Waals surface area contributed by atoms with Crippen LogP contribution in [0.4, 0.5) is 17.5 Å². The molecule has 3 aromatic rings. The van der Waals surface area contributed by atoms with E-state index in [9.17, 15) is 0 Å². The molecule has 162 valence electrons. The smallest absolute Gasteiger partial charge is 0.209 e. The van der Waals surface area contributed by atoms with E-state index < -0.39 is 0 Å². The number of anilines is 3. The molecule has 2 aromatic heterocycles. The van der Waals surface area contributed by atoms with Crippen LogP contribution in [0.3, 0.4) is 0 Å². The van der Waals surface area contributed by atoms with E-state index in [-0.39, 0.29) is 5.41 Å². The molecule has 30 heavy (non-hydrogen) atoms. The van der Waals surface area contributed by atoms with Crippen molar-refractivity contribution in [3.05, 3.63) is 42.0 Å². The Bertz CT molecular complexity index is 944. The van der Waals surface area contributed by atoms with E-state index in [1.807, 2.05) is 0 Å². The van der Waals surface area contributed by atoms with Gasteiger partial charge in [-0.1, -0.05) is 53.7 Å². The van der Waals surface area contributed by atoms with Crippen molar-refractivity contribution in [2.24, 2.45) is 0 Å². The molecular formula is C25H37N5. The van der Waals surface area contributed by atoms with Crippen LogP contribution >= 0.6 is 0 Å². The second-order valence-electron chi connectivity index (χ2n) is 9.04. The molecule has 0 aliphatic heterocycles. The van der Waals surface area contributed by atoms with Gasteiger partial charge in [-0.05, 0) is 54.5 Å². The Kier molecular flexibility index (Phi) is 7.01. The third-order valence-corrected chi connectivity index (χ3v) is 5.34. The summed E-state index contributed by atoms with van der Waals surface area (Å²) in [5, 5.41) is 3.52. The maximum atomic E-state index is 5.03. The number of aromatic nitrogens is 3. The number of nitrogens with zero attached hydrogens (tertiary/aromatic N) is 4. The highest BCUT2D eigenvalue weighted by molar-refractivity contribution is 5.78. The standard InChI is InChI=1S/C25H37N5/c1-7-16-29(17-8-2)22-15-14-21-23(28-22)30(18-9-3)24(27-21)26-20-12-10-19(11-13-20)25(4,5)6/h10-15H,7-9,16-18H2,1-6H3,(H,26,27). The monoisotopic (exact) mass is 407 g/mol. The van der Waals surface area contributed by atoms with Crippen molar-refractivity contribution in [2.45, 2.75) is 72.8 Å². The van der Waals surface area contributed by atoms with E-state index in [1.54, 1.807) is 0 Å². The summed E-state index contributed by atoms with van der Waals surface area (Å²) in [6.07, 6.45) is 3.26. The maximum Gasteiger partial charge on any atom is 0.209 e. The number of nitrogens with one attached hydrogen (secondary N) is 1. The number of benzene rings is 1. The predicted octanol–water partition coefficient (Wildman–Crippen LogP) is 6.51. The molecule has 0 aliphatic rings. The van der Waals surface area contributed by atoms with Crippen molar-refractivity contribution in [2.75, 3.05) is 23.3 Å². The van der Waals surface area contributed by atoms with Crippen LogP contribution in [0.1, 0.15) is 66.4 Å². The summed E-state index contributed by atoms with van der Waals surface area (Å²) in [5.74, 6) is 1.90. The molecule has 0 saturated carbocycles. The summed E-state index contributed by atoms with van der Waals surface area (Å²) < 4.78 is 2.21. The van der Waals surface area contributed by atoms with Gasteiger partial charge in [0.1, 0.15) is 11.3 Å². The van der Waals surface area contributed by atoms with E-state index in [0.29, 0.717) is 0 Å². The molecule has 0 fully saturated rings. The van der Waals surface area contributed by atoms with Crippen LogP contribution in [0.15, 0.2) is 36.4 Å². The van der Waals surface area contributed by atoms with E-state index in [0.717, 1.165) is 67.5 Å². The first kappa shape index (κ1) is 22.1. The van der Waals surface area contributed by atoms with Crippen LogP contribution in [0.2, 0.25) is 0 Å². The molecule has 0 unspecified atom stereocenters. The summed E-state index contributed by atoms with van der Waals surface area (Å²) in [4.78, 5) is 12.3. The highest BCUT2D eigenvalue weighted by Crippen LogP contribution is 2.27. The lowest BCUT2D eigenvalue weighted by Crippen LogP contribution is -2.25. The Morgan fingerprint density at radius 3 is 2.10 bits per heavy atom. The van der Waals surface area contributed by atoms with Gasteiger partial charge < -0.3 is 10.2 Å². The van der Waals surface area contributed by atoms with Crippen LogP contribution in [0.25, 0.3) is 11.2 Å². The van der Waals surface area contributed by atoms with Crippen molar-refractivity contribution in [1.29, 1.82) is 0 Å². The number of hydrogen-bond acceptors (Lipinski definition) is 4. The fourth-order valence-electron chi connectivity index (χ4n) is 3.76. The van der Waals surface area contributed by atoms with Crippen molar-refractivity contribution < 1.29 is 0 Å². The molecule has 0 radical (unpaired) electrons. The summed E-state index contributed by atoms with van der Waals surface area (Å²) in [6, 6.07) is 12.9. The van der Waals surface area contributed by atoms with Crippen LogP contribution in [0.5, 0.6) is 0 Å². The quantitative estimate of drug-likeness (QED) is 0.439. The van der Waals surface area contributed by atoms with E-state index in [2.05, 4.69) is 92.7 Å². The molecule has 5 nitrogen and oxygen atoms in total. The van der Waals surface area contributed by atoms with Crippen molar-refractivity contribution in [3.63, 3.8) is 0 Å². The largest absolute Gasteiger partial charge is 0.357 e. The van der Waals surface area contributed by atoms with Crippen LogP contribution < -0.4 is 10.2 Å². The van der Waals surface area contributed by atoms with Gasteiger partial charge in [-0.2, -0.15) is 0 Å². The van der Waals surface area contributed by atoms with Crippen LogP contribution in [-0.2, 0) is 12.0 Å². The highest BCUT2D eigenvalue weighted by Gasteiger charge is 2.16. The van der Waals surface area contributed by atoms with Gasteiger partial charge in [0.2, 0.25) is 5.95 Å². The van der Waals surface area contributed by atoms with E-state index >= 15 is 0 Å². The van der Waals surface area contributed by atoms with Gasteiger partial charge in [-0.3, -0.25) is 4.57 Å². The van der Waals surface area contributed by atoms with Crippen molar-refractivity contribution >= 4 is 28.6 Å². The van der Waals surface area contributed by atoms with Gasteiger partial charge in [0.05, 0.1) is 0 Å². The molecule has 0 bridgehead atoms. The Morgan fingerprint density at radius 1 is 0.867 bits per heavy atom. The first-order chi connectivity index (χ1) is 14.4. The number of aryl methyl sites for hydroxylation is 1. The van der Waals surface area contributed by atoms with Gasteiger partial charge in [0, 0.05) is 25.3 Å². The number of rotatable bonds is 9. The minimum Gasteiger partial charge on any atom is -0.357 e. The molecule has 2 heterocycles. The summed E-state index contributed by atoms with van der Waals surface area (Å²) >= 11 is 0. The van der Waals surface area contributed by atoms with Crippen molar-refractivity contribution in [1.82, 2.24) is 14.5 Å². The molecule has 5 heteroatoms. The highest BCUT2D eigenvalue weighted by atomic mass is 15.3. The molecular weight excluding hydrogens is 370 g/mol. The molecule has 1 N–H and O–H groups in total. The molecule has 0 amide bonds. The zero-order valence-corrected chi connectivity index (χ0v) is 19.5. The van der Waals surface area contributed by atoms with E-state index in [1.165, 1.54) is 5.56 Å². The Balaban J connectivity index is 1.95. The second kappa shape index (κ2) is 9.50. The summed E-state index contributed by atoms with van der Waals surface area (Å²) in [5.41, 5.74) is 4.43. The first-order valence-corrected chi connectivity index (χ1v) is 11.4. The van der Waals surface area contributed by atoms with Gasteiger partial charge in [0.25, 0.3) is 0 Å².